The van der Waals surface area contributed by atoms with Crippen molar-refractivity contribution < 1.29 is 13.2 Å². The van der Waals surface area contributed by atoms with E-state index in [2.05, 4.69) is 16.2 Å². The van der Waals surface area contributed by atoms with Crippen LogP contribution >= 0.6 is 11.6 Å². The summed E-state index contributed by atoms with van der Waals surface area (Å²) in [5, 5.41) is 3.10. The van der Waals surface area contributed by atoms with Gasteiger partial charge in [0.2, 0.25) is 5.91 Å². The average molecular weight is 318 g/mol. The number of hydrogen-bond donors (Lipinski definition) is 3. The Bertz CT molecular complexity index is 568. The van der Waals surface area contributed by atoms with Crippen LogP contribution in [0.4, 0.5) is 0 Å². The highest BCUT2D eigenvalue weighted by molar-refractivity contribution is 7.91. The Hall–Kier alpha value is -1.15. The lowest BCUT2D eigenvalue weighted by atomic mass is 10.2. The van der Waals surface area contributed by atoms with E-state index >= 15 is 0 Å². The van der Waals surface area contributed by atoms with Crippen LogP contribution in [-0.4, -0.2) is 39.2 Å². The summed E-state index contributed by atoms with van der Waals surface area (Å²) in [7, 11) is -3.41. The van der Waals surface area contributed by atoms with Crippen LogP contribution in [0.1, 0.15) is 6.42 Å². The number of hydrazine groups is 1. The molecule has 1 amide bonds. The Labute approximate surface area is 122 Å². The molecular formula is C12H16ClN3O3S. The van der Waals surface area contributed by atoms with Crippen LogP contribution in [0.3, 0.4) is 0 Å². The number of sulfone groups is 1. The molecule has 20 heavy (non-hydrogen) atoms. The second-order valence-corrected chi connectivity index (χ2v) is 7.02. The Morgan fingerprint density at radius 2 is 2.05 bits per heavy atom. The highest BCUT2D eigenvalue weighted by Gasteiger charge is 2.22. The maximum absolute atomic E-state index is 12.0. The van der Waals surface area contributed by atoms with Gasteiger partial charge in [-0.1, -0.05) is 11.6 Å². The van der Waals surface area contributed by atoms with Gasteiger partial charge in [0.15, 0.2) is 9.84 Å². The number of benzene rings is 1. The minimum absolute atomic E-state index is 0.0853. The molecule has 0 aliphatic carbocycles. The van der Waals surface area contributed by atoms with Crippen molar-refractivity contribution in [3.63, 3.8) is 0 Å². The first-order chi connectivity index (χ1) is 9.49. The molecule has 0 bridgehead atoms. The second kappa shape index (κ2) is 6.53. The van der Waals surface area contributed by atoms with Crippen molar-refractivity contribution in [2.24, 2.45) is 0 Å². The van der Waals surface area contributed by atoms with E-state index in [1.165, 1.54) is 24.3 Å². The molecule has 0 saturated carbocycles. The third kappa shape index (κ3) is 3.92. The van der Waals surface area contributed by atoms with Crippen molar-refractivity contribution in [2.75, 3.05) is 18.8 Å². The zero-order valence-electron chi connectivity index (χ0n) is 10.7. The number of hydrogen-bond acceptors (Lipinski definition) is 5. The van der Waals surface area contributed by atoms with Crippen molar-refractivity contribution in [2.45, 2.75) is 17.4 Å². The minimum atomic E-state index is -3.41. The molecule has 1 saturated heterocycles. The number of nitrogens with one attached hydrogen (secondary N) is 3. The molecule has 1 unspecified atom stereocenters. The van der Waals surface area contributed by atoms with Gasteiger partial charge >= 0.3 is 0 Å². The first-order valence-corrected chi connectivity index (χ1v) is 8.26. The highest BCUT2D eigenvalue weighted by atomic mass is 35.5. The Kier molecular flexibility index (Phi) is 4.98. The van der Waals surface area contributed by atoms with Gasteiger partial charge in [-0.15, -0.1) is 0 Å². The van der Waals surface area contributed by atoms with Crippen molar-refractivity contribution in [3.05, 3.63) is 29.3 Å². The van der Waals surface area contributed by atoms with Crippen LogP contribution in [0.15, 0.2) is 29.2 Å². The molecule has 1 aromatic carbocycles. The van der Waals surface area contributed by atoms with Crippen LogP contribution in [0, 0.1) is 0 Å². The van der Waals surface area contributed by atoms with Crippen LogP contribution in [0.5, 0.6) is 0 Å². The molecule has 6 nitrogen and oxygen atoms in total. The summed E-state index contributed by atoms with van der Waals surface area (Å²) in [6.45, 7) is 0.809. The summed E-state index contributed by atoms with van der Waals surface area (Å²) in [5.41, 5.74) is 5.67. The number of carbonyl (C=O) groups is 1. The fourth-order valence-electron chi connectivity index (χ4n) is 1.87. The zero-order valence-corrected chi connectivity index (χ0v) is 12.3. The smallest absolute Gasteiger partial charge is 0.238 e. The number of halogens is 1. The molecule has 1 aliphatic heterocycles. The Balaban J connectivity index is 1.86. The van der Waals surface area contributed by atoms with Crippen molar-refractivity contribution in [1.29, 1.82) is 0 Å². The van der Waals surface area contributed by atoms with Gasteiger partial charge in [-0.3, -0.25) is 10.2 Å². The maximum atomic E-state index is 12.0. The summed E-state index contributed by atoms with van der Waals surface area (Å²) in [6, 6.07) is 5.68. The molecule has 1 fully saturated rings. The van der Waals surface area contributed by atoms with Gasteiger partial charge in [-0.2, -0.15) is 0 Å². The molecule has 1 heterocycles. The van der Waals surface area contributed by atoms with E-state index in [0.717, 1.165) is 6.54 Å². The first kappa shape index (κ1) is 15.2. The van der Waals surface area contributed by atoms with E-state index in [4.69, 9.17) is 11.6 Å². The molecule has 110 valence electrons. The normalized spacial score (nSPS) is 18.9. The number of amides is 1. The van der Waals surface area contributed by atoms with Gasteiger partial charge in [-0.05, 0) is 30.7 Å². The van der Waals surface area contributed by atoms with Crippen LogP contribution in [0.25, 0.3) is 0 Å². The second-order valence-electron chi connectivity index (χ2n) is 4.48. The molecule has 1 aromatic rings. The lowest BCUT2D eigenvalue weighted by Gasteiger charge is -2.10. The molecule has 3 N–H and O–H groups in total. The van der Waals surface area contributed by atoms with Gasteiger partial charge in [0.05, 0.1) is 10.6 Å². The monoisotopic (exact) mass is 317 g/mol. The minimum Gasteiger partial charge on any atom is -0.354 e. The van der Waals surface area contributed by atoms with Crippen LogP contribution < -0.4 is 16.2 Å². The average Bonchev–Trinajstić information content (AvgIpc) is 2.93. The van der Waals surface area contributed by atoms with E-state index in [-0.39, 0.29) is 29.1 Å². The van der Waals surface area contributed by atoms with Gasteiger partial charge in [0, 0.05) is 18.1 Å². The van der Waals surface area contributed by atoms with Crippen molar-refractivity contribution >= 4 is 27.3 Å². The number of carbonyl (C=O) groups excluding carboxylic acids is 1. The standard InChI is InChI=1S/C12H16ClN3O3S/c13-9-1-3-10(4-2-9)20(18,19)8-7-14-12(17)11-5-6-15-16-11/h1-4,11,15-16H,5-8H2,(H,14,17). The lowest BCUT2D eigenvalue weighted by Crippen LogP contribution is -2.44. The van der Waals surface area contributed by atoms with E-state index < -0.39 is 9.84 Å². The fraction of sp³-hybridized carbons (Fsp3) is 0.417. The van der Waals surface area contributed by atoms with Crippen LogP contribution in [0.2, 0.25) is 5.02 Å². The molecule has 2 rings (SSSR count). The molecule has 8 heteroatoms. The van der Waals surface area contributed by atoms with E-state index in [9.17, 15) is 13.2 Å². The molecular weight excluding hydrogens is 302 g/mol. The van der Waals surface area contributed by atoms with Crippen LogP contribution in [-0.2, 0) is 14.6 Å². The largest absolute Gasteiger partial charge is 0.354 e. The molecule has 0 spiro atoms. The van der Waals surface area contributed by atoms with Gasteiger partial charge in [0.1, 0.15) is 6.04 Å². The van der Waals surface area contributed by atoms with Crippen molar-refractivity contribution in [1.82, 2.24) is 16.2 Å². The molecule has 0 aromatic heterocycles. The summed E-state index contributed by atoms with van der Waals surface area (Å²) in [5.74, 6) is -0.332. The summed E-state index contributed by atoms with van der Waals surface area (Å²) in [4.78, 5) is 11.9. The zero-order chi connectivity index (χ0) is 14.6. The SMILES string of the molecule is O=C(NCCS(=O)(=O)c1ccc(Cl)cc1)C1CCNN1. The summed E-state index contributed by atoms with van der Waals surface area (Å²) >= 11 is 5.72. The topological polar surface area (TPSA) is 87.3 Å². The highest BCUT2D eigenvalue weighted by Crippen LogP contribution is 2.15. The van der Waals surface area contributed by atoms with E-state index in [0.29, 0.717) is 11.4 Å². The Morgan fingerprint density at radius 3 is 2.65 bits per heavy atom. The summed E-state index contributed by atoms with van der Waals surface area (Å²) in [6.07, 6.45) is 0.690. The summed E-state index contributed by atoms with van der Waals surface area (Å²) < 4.78 is 24.0. The van der Waals surface area contributed by atoms with Gasteiger partial charge in [0.25, 0.3) is 0 Å². The third-order valence-corrected chi connectivity index (χ3v) is 4.98. The third-order valence-electron chi connectivity index (χ3n) is 2.99. The van der Waals surface area contributed by atoms with E-state index in [1.54, 1.807) is 0 Å². The molecule has 1 atom stereocenters. The Morgan fingerprint density at radius 1 is 1.35 bits per heavy atom. The molecule has 0 radical (unpaired) electrons. The number of rotatable bonds is 5. The first-order valence-electron chi connectivity index (χ1n) is 6.23. The predicted octanol–water partition coefficient (Wildman–Crippen LogP) is 0.0964. The van der Waals surface area contributed by atoms with Gasteiger partial charge in [-0.25, -0.2) is 13.8 Å². The molecule has 1 aliphatic rings. The van der Waals surface area contributed by atoms with E-state index in [1.807, 2.05) is 0 Å². The fourth-order valence-corrected chi connectivity index (χ4v) is 3.16. The van der Waals surface area contributed by atoms with Gasteiger partial charge < -0.3 is 5.32 Å². The lowest BCUT2D eigenvalue weighted by molar-refractivity contribution is -0.122. The quantitative estimate of drug-likeness (QED) is 0.717. The van der Waals surface area contributed by atoms with Crippen molar-refractivity contribution in [3.8, 4) is 0 Å². The predicted molar refractivity (Wildman–Crippen MR) is 76.1 cm³/mol. The maximum Gasteiger partial charge on any atom is 0.238 e.